The van der Waals surface area contributed by atoms with Crippen LogP contribution in [0.1, 0.15) is 66.8 Å². The molecule has 0 heterocycles. The molecule has 1 heteroatoms. The Labute approximate surface area is 802 Å². The molecule has 137 heavy (non-hydrogen) atoms. The molecule has 640 valence electrons. The topological polar surface area (TPSA) is 0 Å². The zero-order chi connectivity index (χ0) is 91.0. The first-order valence-electron chi connectivity index (χ1n) is 47.5. The van der Waals surface area contributed by atoms with Gasteiger partial charge in [0.15, 0.2) is 0 Å². The number of hydrogen-bond donors (Lipinski definition) is 0. The average Bonchev–Trinajstić information content (AvgIpc) is 0.711. The van der Waals surface area contributed by atoms with Crippen molar-refractivity contribution in [3.63, 3.8) is 0 Å². The van der Waals surface area contributed by atoms with Gasteiger partial charge in [0, 0.05) is 0 Å². The van der Waals surface area contributed by atoms with Crippen molar-refractivity contribution in [1.29, 1.82) is 0 Å². The quantitative estimate of drug-likeness (QED) is 0.0405. The van der Waals surface area contributed by atoms with E-state index in [-0.39, 0.29) is 0 Å². The van der Waals surface area contributed by atoms with Crippen LogP contribution in [0.15, 0.2) is 534 Å². The molecule has 24 aromatic rings. The van der Waals surface area contributed by atoms with Crippen molar-refractivity contribution in [2.75, 3.05) is 0 Å². The van der Waals surface area contributed by atoms with Crippen LogP contribution < -0.4 is 17.6 Å². The summed E-state index contributed by atoms with van der Waals surface area (Å²) < 4.78 is 5.20. The van der Waals surface area contributed by atoms with E-state index < -0.39 is 13.3 Å². The molecular weight excluding hydrogens is 1710 g/mol. The fraction of sp³-hybridized carbons (Fsp3) is 0. The van der Waals surface area contributed by atoms with Gasteiger partial charge in [-0.2, -0.15) is 0 Å². The van der Waals surface area contributed by atoms with Gasteiger partial charge < -0.3 is 0 Å². The summed E-state index contributed by atoms with van der Waals surface area (Å²) in [5, 5.41) is 19.9. The van der Waals surface area contributed by atoms with Gasteiger partial charge in [0.25, 0.3) is 0 Å². The van der Waals surface area contributed by atoms with Gasteiger partial charge in [-0.3, -0.25) is 0 Å². The zero-order valence-corrected chi connectivity index (χ0v) is 77.7. The Hall–Kier alpha value is -17.1. The number of benzene rings is 24. The molecule has 0 aliphatic heterocycles. The molecule has 0 amide bonds. The van der Waals surface area contributed by atoms with Crippen molar-refractivity contribution < 1.29 is 0 Å². The second-order valence-corrected chi connectivity index (χ2v) is 44.0. The summed E-state index contributed by atoms with van der Waals surface area (Å²) >= 11 is -4.44. The van der Waals surface area contributed by atoms with Gasteiger partial charge in [-0.1, -0.05) is 194 Å². The van der Waals surface area contributed by atoms with Crippen molar-refractivity contribution in [1.82, 2.24) is 0 Å². The van der Waals surface area contributed by atoms with E-state index in [0.29, 0.717) is 0 Å². The van der Waals surface area contributed by atoms with Crippen LogP contribution in [0.4, 0.5) is 0 Å². The minimum atomic E-state index is -4.44. The molecule has 0 nitrogen and oxygen atoms in total. The summed E-state index contributed by atoms with van der Waals surface area (Å²) in [6.45, 7) is 0. The monoisotopic (exact) mass is 1800 g/mol. The van der Waals surface area contributed by atoms with Gasteiger partial charge in [0.05, 0.1) is 0 Å². The van der Waals surface area contributed by atoms with Gasteiger partial charge in [0.1, 0.15) is 0 Å². The van der Waals surface area contributed by atoms with E-state index in [2.05, 4.69) is 558 Å². The third kappa shape index (κ3) is 16.0. The molecular formula is C136H92Ge. The molecule has 0 aromatic heterocycles. The van der Waals surface area contributed by atoms with E-state index in [1.807, 2.05) is 0 Å². The molecule has 24 aromatic carbocycles. The number of fused-ring (bicyclic) bond motifs is 8. The van der Waals surface area contributed by atoms with Gasteiger partial charge in [0.2, 0.25) is 0 Å². The third-order valence-corrected chi connectivity index (χ3v) is 38.0. The van der Waals surface area contributed by atoms with E-state index in [9.17, 15) is 0 Å². The van der Waals surface area contributed by atoms with Gasteiger partial charge in [-0.05, 0) is 67.4 Å². The van der Waals surface area contributed by atoms with Crippen molar-refractivity contribution in [2.45, 2.75) is 0 Å². The average molecular weight is 1800 g/mol. The molecule has 0 spiro atoms. The van der Waals surface area contributed by atoms with E-state index >= 15 is 0 Å². The summed E-state index contributed by atoms with van der Waals surface area (Å²) in [4.78, 5) is 0. The SMILES string of the molecule is C(=C(/c1ccccc1)c1cc[c]([Ge]([c]2ccc(/C(=C/c3ccc(-c4c5ccccc5cc5ccccc45)cc3)c3ccccc3)cc2)([c]2ccc(/C(=C/c3ccc(-c4c5ccccc5cc5ccccc45)cc3)c3ccccc3)cc2)[c]2ccc(/C(=C/c3ccc(-c4c5ccccc5cc5ccccc45)cc3)c3ccccc3)cc2)cc1)/c1ccc(-c2c3ccccc3cc3ccccc23)cc1. The Morgan fingerprint density at radius 2 is 0.277 bits per heavy atom. The molecule has 0 saturated heterocycles. The van der Waals surface area contributed by atoms with E-state index in [0.717, 1.165) is 89.1 Å². The summed E-state index contributed by atoms with van der Waals surface area (Å²) in [5.41, 5.74) is 27.9. The van der Waals surface area contributed by atoms with E-state index in [1.54, 1.807) is 0 Å². The van der Waals surface area contributed by atoms with Gasteiger partial charge in [-0.15, -0.1) is 0 Å². The zero-order valence-electron chi connectivity index (χ0n) is 75.6. The molecule has 0 saturated carbocycles. The molecule has 0 fully saturated rings. The molecule has 0 aliphatic carbocycles. The fourth-order valence-corrected chi connectivity index (χ4v) is 31.1. The van der Waals surface area contributed by atoms with Crippen LogP contribution in [0.3, 0.4) is 0 Å². The Kier molecular flexibility index (Phi) is 22.1. The van der Waals surface area contributed by atoms with Crippen LogP contribution in [0.5, 0.6) is 0 Å². The first kappa shape index (κ1) is 83.0. The Bertz CT molecular complexity index is 7540. The second-order valence-electron chi connectivity index (χ2n) is 36.0. The maximum absolute atomic E-state index is 4.44. The Morgan fingerprint density at radius 3 is 0.445 bits per heavy atom. The van der Waals surface area contributed by atoms with Crippen molar-refractivity contribution in [3.05, 3.63) is 601 Å². The van der Waals surface area contributed by atoms with Crippen LogP contribution in [-0.4, -0.2) is 13.3 Å². The van der Waals surface area contributed by atoms with Gasteiger partial charge >= 0.3 is 547 Å². The van der Waals surface area contributed by atoms with Crippen LogP contribution in [0.2, 0.25) is 0 Å². The van der Waals surface area contributed by atoms with Gasteiger partial charge in [-0.25, -0.2) is 0 Å². The Morgan fingerprint density at radius 1 is 0.131 bits per heavy atom. The molecule has 24 rings (SSSR count). The fourth-order valence-electron chi connectivity index (χ4n) is 21.4. The van der Waals surface area contributed by atoms with Crippen LogP contribution >= 0.6 is 0 Å². The maximum atomic E-state index is 2.50. The standard InChI is InChI=1S/C136H92Ge/c1-5-29-97(30-6-1)129(85-93-53-61-105(62-54-93)133-121-45-21-13-37-109(121)89-110-38-14-22-46-122(110)133)101-69-77-117(78-70-101)137(118-79-71-102(72-80-118)130(98-31-7-2-8-32-98)86-94-55-63-106(64-56-94)134-123-47-23-15-39-111(123)90-112-40-16-24-48-124(112)134,119-81-73-103(74-82-119)131(99-33-9-3-10-34-99)87-95-57-65-107(66-58-95)135-125-49-25-17-41-113(125)91-114-42-18-26-50-126(114)135)120-83-75-104(76-84-120)132(100-35-11-4-12-36-100)88-96-59-67-108(68-60-96)136-127-51-27-19-43-115(127)92-116-44-20-28-52-128(116)136/h1-92H/b129-85+,130-86+,131-87+,132-88+. The minimum absolute atomic E-state index is 1.12. The first-order valence-corrected chi connectivity index (χ1v) is 51.6. The summed E-state index contributed by atoms with van der Waals surface area (Å²) in [6.07, 6.45) is 9.54. The number of rotatable bonds is 20. The van der Waals surface area contributed by atoms with Crippen LogP contribution in [-0.2, 0) is 0 Å². The van der Waals surface area contributed by atoms with Crippen molar-refractivity contribution in [3.8, 4) is 44.5 Å². The third-order valence-electron chi connectivity index (χ3n) is 28.0. The van der Waals surface area contributed by atoms with Crippen molar-refractivity contribution >= 4 is 164 Å². The summed E-state index contributed by atoms with van der Waals surface area (Å²) in [6, 6.07) is 200. The molecule has 0 atom stereocenters. The van der Waals surface area contributed by atoms with E-state index in [1.165, 1.54) is 148 Å². The predicted octanol–water partition coefficient (Wildman–Crippen LogP) is 33.3. The van der Waals surface area contributed by atoms with Crippen LogP contribution in [0, 0.1) is 0 Å². The Balaban J connectivity index is 0.685. The molecule has 0 aliphatic rings. The van der Waals surface area contributed by atoms with Crippen molar-refractivity contribution in [2.24, 2.45) is 0 Å². The summed E-state index contributed by atoms with van der Waals surface area (Å²) in [7, 11) is 0. The normalized spacial score (nSPS) is 12.3. The molecule has 0 bridgehead atoms. The predicted molar refractivity (Wildman–Crippen MR) is 591 cm³/mol. The number of hydrogen-bond acceptors (Lipinski definition) is 0. The van der Waals surface area contributed by atoms with Crippen LogP contribution in [0.25, 0.3) is 177 Å². The summed E-state index contributed by atoms with van der Waals surface area (Å²) in [5.74, 6) is 0. The molecule has 0 unspecified atom stereocenters. The van der Waals surface area contributed by atoms with E-state index in [4.69, 9.17) is 0 Å². The second kappa shape index (κ2) is 36.4. The first-order chi connectivity index (χ1) is 67.9. The molecule has 0 radical (unpaired) electrons. The molecule has 0 N–H and O–H groups in total.